The molecule has 0 amide bonds. The number of hydrogen-bond acceptors (Lipinski definition) is 5. The van der Waals surface area contributed by atoms with Crippen LogP contribution >= 0.6 is 0 Å². The molecule has 0 atom stereocenters. The average molecular weight is 244 g/mol. The molecule has 0 spiro atoms. The highest BCUT2D eigenvalue weighted by Crippen LogP contribution is 2.30. The number of anilines is 1. The van der Waals surface area contributed by atoms with Crippen LogP contribution in [0.1, 0.15) is 0 Å². The molecular weight excluding hydrogens is 232 g/mol. The molecule has 1 fully saturated rings. The molecule has 0 bridgehead atoms. The lowest BCUT2D eigenvalue weighted by atomic mass is 10.1. The Kier molecular flexibility index (Phi) is 2.56. The second kappa shape index (κ2) is 4.23. The molecule has 0 radical (unpaired) electrons. The minimum absolute atomic E-state index is 0.0929. The van der Waals surface area contributed by atoms with Gasteiger partial charge in [0.25, 0.3) is 5.69 Å². The molecule has 1 aliphatic rings. The number of hydrogen-bond donors (Lipinski definition) is 2. The third kappa shape index (κ3) is 1.76. The number of aromatic nitrogens is 1. The van der Waals surface area contributed by atoms with Crippen LogP contribution in [0.4, 0.5) is 11.4 Å². The molecule has 2 N–H and O–H groups in total. The normalized spacial score (nSPS) is 15.3. The highest BCUT2D eigenvalue weighted by Gasteiger charge is 2.20. The van der Waals surface area contributed by atoms with E-state index in [2.05, 4.69) is 15.6 Å². The van der Waals surface area contributed by atoms with Crippen molar-refractivity contribution in [2.24, 2.45) is 0 Å². The number of nitro groups is 1. The van der Waals surface area contributed by atoms with Crippen LogP contribution in [0.25, 0.3) is 10.9 Å². The summed E-state index contributed by atoms with van der Waals surface area (Å²) in [5.74, 6) is 0. The Morgan fingerprint density at radius 3 is 2.89 bits per heavy atom. The van der Waals surface area contributed by atoms with Crippen molar-refractivity contribution in [3.63, 3.8) is 0 Å². The highest BCUT2D eigenvalue weighted by molar-refractivity contribution is 5.96. The Morgan fingerprint density at radius 2 is 2.22 bits per heavy atom. The van der Waals surface area contributed by atoms with Gasteiger partial charge in [-0.15, -0.1) is 0 Å². The fraction of sp³-hybridized carbons (Fsp3) is 0.250. The number of non-ortho nitro benzene ring substituents is 1. The van der Waals surface area contributed by atoms with Gasteiger partial charge in [0.1, 0.15) is 5.52 Å². The van der Waals surface area contributed by atoms with Crippen LogP contribution in [0.5, 0.6) is 0 Å². The summed E-state index contributed by atoms with van der Waals surface area (Å²) in [5.41, 5.74) is 1.59. The molecule has 0 saturated carbocycles. The van der Waals surface area contributed by atoms with E-state index in [0.717, 1.165) is 18.8 Å². The van der Waals surface area contributed by atoms with E-state index >= 15 is 0 Å². The third-order valence-corrected chi connectivity index (χ3v) is 3.08. The van der Waals surface area contributed by atoms with Gasteiger partial charge in [-0.1, -0.05) is 0 Å². The molecule has 1 aromatic carbocycles. The first-order valence-electron chi connectivity index (χ1n) is 5.75. The molecule has 18 heavy (non-hydrogen) atoms. The number of nitrogens with one attached hydrogen (secondary N) is 2. The number of benzene rings is 1. The number of nitrogens with zero attached hydrogens (tertiary/aromatic N) is 2. The van der Waals surface area contributed by atoms with Crippen LogP contribution in [0.3, 0.4) is 0 Å². The maximum absolute atomic E-state index is 11.0. The monoisotopic (exact) mass is 244 g/mol. The first-order chi connectivity index (χ1) is 8.75. The number of pyridine rings is 1. The topological polar surface area (TPSA) is 80.1 Å². The van der Waals surface area contributed by atoms with Gasteiger partial charge in [-0.2, -0.15) is 0 Å². The second-order valence-electron chi connectivity index (χ2n) is 4.29. The third-order valence-electron chi connectivity index (χ3n) is 3.08. The van der Waals surface area contributed by atoms with E-state index < -0.39 is 0 Å². The largest absolute Gasteiger partial charge is 0.378 e. The molecule has 0 aliphatic carbocycles. The first-order valence-corrected chi connectivity index (χ1v) is 5.75. The van der Waals surface area contributed by atoms with Gasteiger partial charge in [0.05, 0.1) is 22.0 Å². The summed E-state index contributed by atoms with van der Waals surface area (Å²) < 4.78 is 0. The van der Waals surface area contributed by atoms with E-state index in [1.54, 1.807) is 24.4 Å². The Morgan fingerprint density at radius 1 is 1.39 bits per heavy atom. The Hall–Kier alpha value is -2.21. The summed E-state index contributed by atoms with van der Waals surface area (Å²) >= 11 is 0. The SMILES string of the molecule is O=[N+]([O-])c1ccc(NC2CNC2)c2ncccc12. The zero-order chi connectivity index (χ0) is 12.5. The van der Waals surface area contributed by atoms with Gasteiger partial charge in [0, 0.05) is 25.4 Å². The fourth-order valence-electron chi connectivity index (χ4n) is 2.04. The molecular formula is C12H12N4O2. The number of fused-ring (bicyclic) bond motifs is 1. The van der Waals surface area contributed by atoms with Crippen molar-refractivity contribution in [1.82, 2.24) is 10.3 Å². The average Bonchev–Trinajstić information content (AvgIpc) is 2.33. The Labute approximate surface area is 103 Å². The van der Waals surface area contributed by atoms with Crippen LogP contribution in [0, 0.1) is 10.1 Å². The van der Waals surface area contributed by atoms with Crippen LogP contribution in [0.2, 0.25) is 0 Å². The summed E-state index contributed by atoms with van der Waals surface area (Å²) in [4.78, 5) is 14.8. The fourth-order valence-corrected chi connectivity index (χ4v) is 2.04. The molecule has 92 valence electrons. The van der Waals surface area contributed by atoms with Gasteiger partial charge in [-0.25, -0.2) is 0 Å². The lowest BCUT2D eigenvalue weighted by Gasteiger charge is -2.29. The van der Waals surface area contributed by atoms with Crippen LogP contribution < -0.4 is 10.6 Å². The van der Waals surface area contributed by atoms with Gasteiger partial charge in [0.15, 0.2) is 0 Å². The van der Waals surface area contributed by atoms with Crippen LogP contribution in [-0.4, -0.2) is 29.0 Å². The van der Waals surface area contributed by atoms with E-state index in [1.807, 2.05) is 0 Å². The summed E-state index contributed by atoms with van der Waals surface area (Å²) in [6, 6.07) is 7.07. The number of rotatable bonds is 3. The van der Waals surface area contributed by atoms with Crippen molar-refractivity contribution in [2.45, 2.75) is 6.04 Å². The minimum atomic E-state index is -0.376. The highest BCUT2D eigenvalue weighted by atomic mass is 16.6. The summed E-state index contributed by atoms with van der Waals surface area (Å²) in [6.45, 7) is 1.82. The van der Waals surface area contributed by atoms with E-state index in [-0.39, 0.29) is 10.6 Å². The first kappa shape index (κ1) is 10.9. The van der Waals surface area contributed by atoms with E-state index in [9.17, 15) is 10.1 Å². The van der Waals surface area contributed by atoms with Gasteiger partial charge in [-0.3, -0.25) is 15.1 Å². The Balaban J connectivity index is 2.10. The van der Waals surface area contributed by atoms with Crippen molar-refractivity contribution >= 4 is 22.3 Å². The molecule has 1 saturated heterocycles. The van der Waals surface area contributed by atoms with Crippen LogP contribution in [-0.2, 0) is 0 Å². The lowest BCUT2D eigenvalue weighted by Crippen LogP contribution is -2.51. The molecule has 6 heteroatoms. The van der Waals surface area contributed by atoms with E-state index in [0.29, 0.717) is 16.9 Å². The van der Waals surface area contributed by atoms with Gasteiger partial charge >= 0.3 is 0 Å². The summed E-state index contributed by atoms with van der Waals surface area (Å²) in [6.07, 6.45) is 1.65. The van der Waals surface area contributed by atoms with E-state index in [4.69, 9.17) is 0 Å². The summed E-state index contributed by atoms with van der Waals surface area (Å²) in [5, 5.41) is 18.0. The quantitative estimate of drug-likeness (QED) is 0.632. The predicted molar refractivity (Wildman–Crippen MR) is 68.7 cm³/mol. The van der Waals surface area contributed by atoms with E-state index in [1.165, 1.54) is 6.07 Å². The molecule has 1 aliphatic heterocycles. The van der Waals surface area contributed by atoms with Gasteiger partial charge < -0.3 is 10.6 Å². The van der Waals surface area contributed by atoms with Gasteiger partial charge in [-0.05, 0) is 18.2 Å². The molecule has 3 rings (SSSR count). The van der Waals surface area contributed by atoms with Crippen molar-refractivity contribution in [1.29, 1.82) is 0 Å². The van der Waals surface area contributed by atoms with Crippen molar-refractivity contribution in [3.8, 4) is 0 Å². The molecule has 6 nitrogen and oxygen atoms in total. The molecule has 1 aromatic heterocycles. The smallest absolute Gasteiger partial charge is 0.278 e. The van der Waals surface area contributed by atoms with Gasteiger partial charge in [0.2, 0.25) is 0 Å². The maximum Gasteiger partial charge on any atom is 0.278 e. The lowest BCUT2D eigenvalue weighted by molar-refractivity contribution is -0.383. The Bertz CT molecular complexity index is 610. The second-order valence-corrected chi connectivity index (χ2v) is 4.29. The van der Waals surface area contributed by atoms with Crippen molar-refractivity contribution < 1.29 is 4.92 Å². The summed E-state index contributed by atoms with van der Waals surface area (Å²) in [7, 11) is 0. The standard InChI is InChI=1S/C12H12N4O2/c17-16(18)11-4-3-10(15-8-6-13-7-8)12-9(11)2-1-5-14-12/h1-5,8,13,15H,6-7H2. The predicted octanol–water partition coefficient (Wildman–Crippen LogP) is 1.53. The zero-order valence-electron chi connectivity index (χ0n) is 9.59. The number of nitro benzene ring substituents is 1. The molecule has 2 heterocycles. The van der Waals surface area contributed by atoms with Crippen molar-refractivity contribution in [3.05, 3.63) is 40.6 Å². The molecule has 2 aromatic rings. The molecule has 0 unspecified atom stereocenters. The van der Waals surface area contributed by atoms with Crippen LogP contribution in [0.15, 0.2) is 30.5 Å². The van der Waals surface area contributed by atoms with Crippen molar-refractivity contribution in [2.75, 3.05) is 18.4 Å². The minimum Gasteiger partial charge on any atom is -0.378 e. The maximum atomic E-state index is 11.0. The zero-order valence-corrected chi connectivity index (χ0v) is 9.59.